The molecule has 0 amide bonds. The first-order valence-corrected chi connectivity index (χ1v) is 2.66. The zero-order valence-corrected chi connectivity index (χ0v) is 8.58. The van der Waals surface area contributed by atoms with E-state index in [4.69, 9.17) is 17.3 Å². The van der Waals surface area contributed by atoms with Crippen LogP contribution in [0, 0.1) is 0 Å². The number of aliphatic carboxylic acids is 1. The van der Waals surface area contributed by atoms with Crippen molar-refractivity contribution >= 4 is 30.2 Å². The minimum Gasteiger partial charge on any atom is -0.547 e. The van der Waals surface area contributed by atoms with Crippen molar-refractivity contribution < 1.29 is 39.5 Å². The summed E-state index contributed by atoms with van der Waals surface area (Å²) in [6, 6.07) is 0. The molecule has 0 aromatic rings. The summed E-state index contributed by atoms with van der Waals surface area (Å²) >= 11 is 8.59. The Morgan fingerprint density at radius 2 is 2.22 bits per heavy atom. The van der Waals surface area contributed by atoms with Crippen LogP contribution in [0.4, 0.5) is 0 Å². The number of halogens is 1. The molecule has 2 N–H and O–H groups in total. The molecule has 48 valence electrons. The molecular weight excluding hydrogens is 173 g/mol. The summed E-state index contributed by atoms with van der Waals surface area (Å²) in [5.41, 5.74) is 4.88. The number of rotatable bonds is 2. The molecule has 0 aliphatic carbocycles. The van der Waals surface area contributed by atoms with Crippen molar-refractivity contribution in [3.8, 4) is 0 Å². The summed E-state index contributed by atoms with van der Waals surface area (Å²) < 4.78 is -1.71. The molecule has 0 heterocycles. The Morgan fingerprint density at radius 1 is 1.89 bits per heavy atom. The van der Waals surface area contributed by atoms with E-state index in [1.807, 2.05) is 0 Å². The van der Waals surface area contributed by atoms with Crippen LogP contribution >= 0.6 is 24.2 Å². The summed E-state index contributed by atoms with van der Waals surface area (Å²) in [5.74, 6) is -1.47. The number of carboxylic acid groups (broad SMARTS) is 1. The summed E-state index contributed by atoms with van der Waals surface area (Å²) in [6.07, 6.45) is 0. The molecule has 0 spiro atoms. The van der Waals surface area contributed by atoms with E-state index >= 15 is 0 Å². The average molecular weight is 178 g/mol. The monoisotopic (exact) mass is 177 g/mol. The maximum atomic E-state index is 9.85. The van der Waals surface area contributed by atoms with Crippen molar-refractivity contribution in [3.63, 3.8) is 0 Å². The summed E-state index contributed by atoms with van der Waals surface area (Å²) in [7, 11) is 0. The van der Waals surface area contributed by atoms with Crippen LogP contribution in [-0.4, -0.2) is 16.7 Å². The molecule has 0 saturated carbocycles. The molecule has 0 radical (unpaired) electrons. The Kier molecular flexibility index (Phi) is 6.81. The molecule has 1 atom stereocenters. The average Bonchev–Trinajstić information content (AvgIpc) is 1.67. The van der Waals surface area contributed by atoms with Gasteiger partial charge in [-0.1, -0.05) is 11.6 Å². The smallest absolute Gasteiger partial charge is 0.547 e. The van der Waals surface area contributed by atoms with Gasteiger partial charge in [0.25, 0.3) is 0 Å². The van der Waals surface area contributed by atoms with Crippen LogP contribution in [0.1, 0.15) is 0 Å². The number of nitrogens with two attached hydrogens (primary N) is 1. The predicted molar refractivity (Wildman–Crippen MR) is 31.6 cm³/mol. The predicted octanol–water partition coefficient (Wildman–Crippen LogP) is -4.44. The fourth-order valence-electron chi connectivity index (χ4n) is 0.0833. The number of carboxylic acids is 1. The summed E-state index contributed by atoms with van der Waals surface area (Å²) in [6.45, 7) is -0.250. The number of carbonyl (C=O) groups excluding carboxylic acids is 1. The third kappa shape index (κ3) is 4.47. The van der Waals surface area contributed by atoms with Gasteiger partial charge in [0, 0.05) is 6.54 Å². The van der Waals surface area contributed by atoms with Crippen LogP contribution in [-0.2, 0) is 4.79 Å². The summed E-state index contributed by atoms with van der Waals surface area (Å²) in [5, 5.41) is 9.85. The third-order valence-corrected chi connectivity index (χ3v) is 1.26. The normalized spacial score (nSPS) is 15.4. The standard InChI is InChI=1S/C3H6ClNO2S.Na/c4-3(8,1-5)2(6)7;/h8H,1,5H2,(H,6,7);/q;+1/p-1. The van der Waals surface area contributed by atoms with Crippen LogP contribution in [0.2, 0.25) is 0 Å². The largest absolute Gasteiger partial charge is 1.00 e. The van der Waals surface area contributed by atoms with Crippen molar-refractivity contribution in [1.29, 1.82) is 0 Å². The first-order valence-electron chi connectivity index (χ1n) is 1.83. The van der Waals surface area contributed by atoms with Crippen molar-refractivity contribution in [3.05, 3.63) is 0 Å². The van der Waals surface area contributed by atoms with Crippen LogP contribution < -0.4 is 40.4 Å². The van der Waals surface area contributed by atoms with Gasteiger partial charge in [-0.05, 0) is 0 Å². The molecule has 1 unspecified atom stereocenters. The van der Waals surface area contributed by atoms with Crippen molar-refractivity contribution in [2.24, 2.45) is 5.73 Å². The van der Waals surface area contributed by atoms with E-state index in [0.717, 1.165) is 0 Å². The first-order chi connectivity index (χ1) is 3.50. The number of hydrogen-bond acceptors (Lipinski definition) is 4. The third-order valence-electron chi connectivity index (χ3n) is 0.583. The van der Waals surface area contributed by atoms with Gasteiger partial charge in [0.2, 0.25) is 0 Å². The SMILES string of the molecule is NCC(S)(Cl)C(=O)[O-].[Na+]. The van der Waals surface area contributed by atoms with Gasteiger partial charge in [0.15, 0.2) is 0 Å². The maximum Gasteiger partial charge on any atom is 1.00 e. The Bertz CT molecular complexity index is 110. The fourth-order valence-corrected chi connectivity index (χ4v) is 0.0833. The fraction of sp³-hybridized carbons (Fsp3) is 0.667. The minimum absolute atomic E-state index is 0. The quantitative estimate of drug-likeness (QED) is 0.254. The van der Waals surface area contributed by atoms with Gasteiger partial charge in [-0.3, -0.25) is 0 Å². The Hall–Kier alpha value is 1.07. The van der Waals surface area contributed by atoms with E-state index in [-0.39, 0.29) is 36.1 Å². The van der Waals surface area contributed by atoms with Crippen LogP contribution in [0.15, 0.2) is 0 Å². The van der Waals surface area contributed by atoms with Crippen LogP contribution in [0.3, 0.4) is 0 Å². The molecule has 9 heavy (non-hydrogen) atoms. The zero-order chi connectivity index (χ0) is 6.78. The molecule has 0 aliphatic rings. The zero-order valence-electron chi connectivity index (χ0n) is 4.93. The van der Waals surface area contributed by atoms with Crippen molar-refractivity contribution in [1.82, 2.24) is 0 Å². The van der Waals surface area contributed by atoms with Crippen molar-refractivity contribution in [2.75, 3.05) is 6.54 Å². The van der Waals surface area contributed by atoms with Gasteiger partial charge in [0.05, 0.1) is 5.97 Å². The second-order valence-electron chi connectivity index (χ2n) is 1.25. The van der Waals surface area contributed by atoms with E-state index in [9.17, 15) is 9.90 Å². The van der Waals surface area contributed by atoms with E-state index in [0.29, 0.717) is 0 Å². The van der Waals surface area contributed by atoms with E-state index in [2.05, 4.69) is 12.6 Å². The number of thiol groups is 1. The Labute approximate surface area is 85.6 Å². The number of alkyl halides is 1. The van der Waals surface area contributed by atoms with Gasteiger partial charge in [-0.15, -0.1) is 12.6 Å². The van der Waals surface area contributed by atoms with Crippen LogP contribution in [0.25, 0.3) is 0 Å². The molecule has 0 aromatic heterocycles. The molecule has 0 rings (SSSR count). The van der Waals surface area contributed by atoms with Crippen LogP contribution in [0.5, 0.6) is 0 Å². The second kappa shape index (κ2) is 4.82. The number of carbonyl (C=O) groups is 1. The number of hydrogen-bond donors (Lipinski definition) is 2. The molecule has 0 aliphatic heterocycles. The Balaban J connectivity index is 0. The summed E-state index contributed by atoms with van der Waals surface area (Å²) in [4.78, 5) is 9.85. The molecule has 0 fully saturated rings. The molecular formula is C3H5ClNNaO2S. The van der Waals surface area contributed by atoms with Crippen molar-refractivity contribution in [2.45, 2.75) is 4.21 Å². The molecule has 0 saturated heterocycles. The maximum absolute atomic E-state index is 9.85. The molecule has 0 bridgehead atoms. The molecule has 3 nitrogen and oxygen atoms in total. The molecule has 0 aromatic carbocycles. The van der Waals surface area contributed by atoms with Gasteiger partial charge >= 0.3 is 29.6 Å². The van der Waals surface area contributed by atoms with Gasteiger partial charge in [-0.2, -0.15) is 0 Å². The van der Waals surface area contributed by atoms with Gasteiger partial charge < -0.3 is 15.6 Å². The van der Waals surface area contributed by atoms with Gasteiger partial charge in [0.1, 0.15) is 4.21 Å². The minimum atomic E-state index is -1.71. The molecule has 6 heteroatoms. The van der Waals surface area contributed by atoms with E-state index in [1.54, 1.807) is 0 Å². The van der Waals surface area contributed by atoms with Gasteiger partial charge in [-0.25, -0.2) is 0 Å². The Morgan fingerprint density at radius 3 is 2.22 bits per heavy atom. The van der Waals surface area contributed by atoms with E-state index in [1.165, 1.54) is 0 Å². The van der Waals surface area contributed by atoms with E-state index < -0.39 is 10.2 Å². The second-order valence-corrected chi connectivity index (χ2v) is 2.92. The first kappa shape index (κ1) is 12.7. The topological polar surface area (TPSA) is 66.2 Å².